The molecule has 100 valence electrons. The third-order valence-electron chi connectivity index (χ3n) is 2.62. The molecular formula is C13H13ClN2O2S. The van der Waals surface area contributed by atoms with Crippen molar-refractivity contribution >= 4 is 28.9 Å². The maximum atomic E-state index is 10.7. The predicted octanol–water partition coefficient (Wildman–Crippen LogP) is 3.03. The van der Waals surface area contributed by atoms with Crippen LogP contribution in [0.3, 0.4) is 0 Å². The molecule has 0 amide bonds. The van der Waals surface area contributed by atoms with E-state index in [1.807, 2.05) is 29.6 Å². The Hall–Kier alpha value is -1.43. The Balaban J connectivity index is 2.08. The summed E-state index contributed by atoms with van der Waals surface area (Å²) in [6.07, 6.45) is 0. The van der Waals surface area contributed by atoms with Crippen molar-refractivity contribution in [3.63, 3.8) is 0 Å². The first-order chi connectivity index (χ1) is 9.08. The minimum Gasteiger partial charge on any atom is -0.480 e. The van der Waals surface area contributed by atoms with Gasteiger partial charge in [0.2, 0.25) is 0 Å². The van der Waals surface area contributed by atoms with Crippen LogP contribution in [0.1, 0.15) is 12.6 Å². The third kappa shape index (κ3) is 3.53. The van der Waals surface area contributed by atoms with E-state index < -0.39 is 12.0 Å². The first kappa shape index (κ1) is 14.0. The lowest BCUT2D eigenvalue weighted by Crippen LogP contribution is -2.33. The van der Waals surface area contributed by atoms with Crippen LogP contribution in [0, 0.1) is 0 Å². The van der Waals surface area contributed by atoms with E-state index in [0.29, 0.717) is 11.6 Å². The van der Waals surface area contributed by atoms with Crippen LogP contribution >= 0.6 is 22.9 Å². The van der Waals surface area contributed by atoms with Crippen molar-refractivity contribution in [3.8, 4) is 10.6 Å². The molecule has 0 aliphatic carbocycles. The lowest BCUT2D eigenvalue weighted by atomic mass is 10.2. The molecule has 4 nitrogen and oxygen atoms in total. The van der Waals surface area contributed by atoms with Crippen molar-refractivity contribution in [2.45, 2.75) is 19.5 Å². The molecule has 0 saturated heterocycles. The highest BCUT2D eigenvalue weighted by Gasteiger charge is 2.12. The second kappa shape index (κ2) is 6.14. The van der Waals surface area contributed by atoms with Gasteiger partial charge in [0.25, 0.3) is 0 Å². The van der Waals surface area contributed by atoms with Crippen molar-refractivity contribution in [1.82, 2.24) is 10.3 Å². The highest BCUT2D eigenvalue weighted by atomic mass is 35.5. The van der Waals surface area contributed by atoms with E-state index in [9.17, 15) is 4.79 Å². The van der Waals surface area contributed by atoms with Gasteiger partial charge in [-0.2, -0.15) is 0 Å². The van der Waals surface area contributed by atoms with Gasteiger partial charge in [-0.25, -0.2) is 4.98 Å². The highest BCUT2D eigenvalue weighted by Crippen LogP contribution is 2.29. The molecule has 0 fully saturated rings. The highest BCUT2D eigenvalue weighted by molar-refractivity contribution is 7.13. The molecule has 1 heterocycles. The summed E-state index contributed by atoms with van der Waals surface area (Å²) in [5.74, 6) is -0.874. The minimum atomic E-state index is -0.874. The van der Waals surface area contributed by atoms with Crippen LogP contribution in [-0.2, 0) is 11.3 Å². The number of aliphatic carboxylic acids is 1. The van der Waals surface area contributed by atoms with Crippen LogP contribution in [0.25, 0.3) is 10.6 Å². The number of rotatable bonds is 5. The average Bonchev–Trinajstić information content (AvgIpc) is 2.85. The van der Waals surface area contributed by atoms with Crippen molar-refractivity contribution < 1.29 is 9.90 Å². The number of nitrogens with one attached hydrogen (secondary N) is 1. The second-order valence-corrected chi connectivity index (χ2v) is 5.33. The van der Waals surface area contributed by atoms with E-state index in [2.05, 4.69) is 10.3 Å². The van der Waals surface area contributed by atoms with E-state index in [1.165, 1.54) is 11.3 Å². The Bertz CT molecular complexity index is 586. The fourth-order valence-electron chi connectivity index (χ4n) is 1.49. The number of thiazole rings is 1. The number of hydrogen-bond donors (Lipinski definition) is 2. The molecule has 0 saturated carbocycles. The summed E-state index contributed by atoms with van der Waals surface area (Å²) in [4.78, 5) is 15.1. The van der Waals surface area contributed by atoms with Crippen molar-refractivity contribution in [1.29, 1.82) is 0 Å². The average molecular weight is 297 g/mol. The summed E-state index contributed by atoms with van der Waals surface area (Å²) in [7, 11) is 0. The van der Waals surface area contributed by atoms with Gasteiger partial charge in [-0.1, -0.05) is 29.8 Å². The minimum absolute atomic E-state index is 0.425. The summed E-state index contributed by atoms with van der Waals surface area (Å²) < 4.78 is 0. The second-order valence-electron chi connectivity index (χ2n) is 4.06. The number of carboxylic acids is 1. The van der Waals surface area contributed by atoms with Gasteiger partial charge in [0.1, 0.15) is 11.0 Å². The molecule has 0 bridgehead atoms. The first-order valence-corrected chi connectivity index (χ1v) is 6.99. The van der Waals surface area contributed by atoms with Gasteiger partial charge >= 0.3 is 5.97 Å². The molecule has 6 heteroatoms. The van der Waals surface area contributed by atoms with Crippen molar-refractivity contribution in [2.24, 2.45) is 0 Å². The maximum absolute atomic E-state index is 10.7. The van der Waals surface area contributed by atoms with Crippen LogP contribution < -0.4 is 5.32 Å². The maximum Gasteiger partial charge on any atom is 0.320 e. The molecule has 2 aromatic rings. The van der Waals surface area contributed by atoms with E-state index in [4.69, 9.17) is 16.7 Å². The van der Waals surface area contributed by atoms with E-state index in [-0.39, 0.29) is 0 Å². The number of aromatic nitrogens is 1. The van der Waals surface area contributed by atoms with Crippen LogP contribution in [-0.4, -0.2) is 22.1 Å². The zero-order valence-electron chi connectivity index (χ0n) is 10.3. The molecule has 1 aromatic heterocycles. The SMILES string of the molecule is CC(NCc1csc(-c2ccccc2Cl)n1)C(=O)O. The monoisotopic (exact) mass is 296 g/mol. The van der Waals surface area contributed by atoms with Gasteiger partial charge in [0.15, 0.2) is 0 Å². The topological polar surface area (TPSA) is 62.2 Å². The van der Waals surface area contributed by atoms with Gasteiger partial charge in [-0.05, 0) is 13.0 Å². The smallest absolute Gasteiger partial charge is 0.320 e. The Kier molecular flexibility index (Phi) is 4.52. The molecule has 0 aliphatic rings. The number of carboxylic acid groups (broad SMARTS) is 1. The standard InChI is InChI=1S/C13H13ClN2O2S/c1-8(13(17)18)15-6-9-7-19-12(16-9)10-4-2-3-5-11(10)14/h2-5,7-8,15H,6H2,1H3,(H,17,18). The number of carbonyl (C=O) groups is 1. The Labute approximate surface area is 120 Å². The number of nitrogens with zero attached hydrogens (tertiary/aromatic N) is 1. The quantitative estimate of drug-likeness (QED) is 0.890. The molecule has 0 spiro atoms. The zero-order valence-corrected chi connectivity index (χ0v) is 11.8. The third-order valence-corrected chi connectivity index (χ3v) is 3.87. The van der Waals surface area contributed by atoms with Crippen LogP contribution in [0.15, 0.2) is 29.6 Å². The molecule has 2 rings (SSSR count). The number of halogens is 1. The fourth-order valence-corrected chi connectivity index (χ4v) is 2.63. The lowest BCUT2D eigenvalue weighted by molar-refractivity contribution is -0.139. The van der Waals surface area contributed by atoms with Crippen LogP contribution in [0.4, 0.5) is 0 Å². The number of benzene rings is 1. The Morgan fingerprint density at radius 2 is 2.26 bits per heavy atom. The Morgan fingerprint density at radius 1 is 1.53 bits per heavy atom. The van der Waals surface area contributed by atoms with Gasteiger partial charge in [-0.15, -0.1) is 11.3 Å². The Morgan fingerprint density at radius 3 is 2.95 bits per heavy atom. The van der Waals surface area contributed by atoms with E-state index in [0.717, 1.165) is 16.3 Å². The summed E-state index contributed by atoms with van der Waals surface area (Å²) in [5.41, 5.74) is 1.71. The molecular weight excluding hydrogens is 284 g/mol. The van der Waals surface area contributed by atoms with Crippen molar-refractivity contribution in [2.75, 3.05) is 0 Å². The summed E-state index contributed by atoms with van der Waals surface area (Å²) in [5, 5.41) is 15.1. The van der Waals surface area contributed by atoms with E-state index in [1.54, 1.807) is 6.92 Å². The first-order valence-electron chi connectivity index (χ1n) is 5.73. The lowest BCUT2D eigenvalue weighted by Gasteiger charge is -2.06. The van der Waals surface area contributed by atoms with Gasteiger partial charge in [0.05, 0.1) is 10.7 Å². The normalized spacial score (nSPS) is 12.3. The summed E-state index contributed by atoms with van der Waals surface area (Å²) >= 11 is 7.60. The largest absolute Gasteiger partial charge is 0.480 e. The van der Waals surface area contributed by atoms with Gasteiger partial charge < -0.3 is 5.11 Å². The summed E-state index contributed by atoms with van der Waals surface area (Å²) in [6, 6.07) is 6.93. The van der Waals surface area contributed by atoms with Crippen LogP contribution in [0.5, 0.6) is 0 Å². The number of hydrogen-bond acceptors (Lipinski definition) is 4. The van der Waals surface area contributed by atoms with Gasteiger partial charge in [-0.3, -0.25) is 10.1 Å². The molecule has 0 radical (unpaired) electrons. The van der Waals surface area contributed by atoms with Gasteiger partial charge in [0, 0.05) is 17.5 Å². The molecule has 2 N–H and O–H groups in total. The summed E-state index contributed by atoms with van der Waals surface area (Å²) in [6.45, 7) is 2.03. The molecule has 1 unspecified atom stereocenters. The van der Waals surface area contributed by atoms with Crippen molar-refractivity contribution in [3.05, 3.63) is 40.4 Å². The molecule has 1 aromatic carbocycles. The molecule has 1 atom stereocenters. The fraction of sp³-hybridized carbons (Fsp3) is 0.231. The zero-order chi connectivity index (χ0) is 13.8. The molecule has 0 aliphatic heterocycles. The van der Waals surface area contributed by atoms with E-state index >= 15 is 0 Å². The molecule has 19 heavy (non-hydrogen) atoms. The van der Waals surface area contributed by atoms with Crippen LogP contribution in [0.2, 0.25) is 5.02 Å². The predicted molar refractivity (Wildman–Crippen MR) is 76.5 cm³/mol.